The molecule has 1 aromatic carbocycles. The number of amides is 1. The van der Waals surface area contributed by atoms with Crippen LogP contribution in [0.2, 0.25) is 5.02 Å². The molecule has 1 N–H and O–H groups in total. The summed E-state index contributed by atoms with van der Waals surface area (Å²) in [4.78, 5) is 28.3. The van der Waals surface area contributed by atoms with E-state index in [0.29, 0.717) is 5.02 Å². The van der Waals surface area contributed by atoms with Crippen LogP contribution in [0.5, 0.6) is 0 Å². The standard InChI is InChI=1S/C21H27ClN6O/c1-26-10-12-27(13-11-26)19-3-2-17(22)14-18(19)25-21(29)16-4-8-28(9-5-16)20-15-23-6-7-24-20/h2-3,6-7,14-16H,4-5,8-13H2,1H3,(H,25,29). The smallest absolute Gasteiger partial charge is 0.227 e. The van der Waals surface area contributed by atoms with Crippen molar-refractivity contribution in [3.8, 4) is 0 Å². The number of nitrogens with one attached hydrogen (secondary N) is 1. The highest BCUT2D eigenvalue weighted by molar-refractivity contribution is 6.31. The Labute approximate surface area is 176 Å². The average Bonchev–Trinajstić information content (AvgIpc) is 2.75. The van der Waals surface area contributed by atoms with E-state index >= 15 is 0 Å². The predicted molar refractivity (Wildman–Crippen MR) is 117 cm³/mol. The zero-order chi connectivity index (χ0) is 20.2. The average molecular weight is 415 g/mol. The first kappa shape index (κ1) is 19.9. The molecule has 2 aromatic rings. The maximum atomic E-state index is 13.0. The number of hydrogen-bond donors (Lipinski definition) is 1. The summed E-state index contributed by atoms with van der Waals surface area (Å²) < 4.78 is 0. The van der Waals surface area contributed by atoms with Crippen LogP contribution in [0.3, 0.4) is 0 Å². The first-order chi connectivity index (χ1) is 14.1. The van der Waals surface area contributed by atoms with E-state index in [1.54, 1.807) is 18.6 Å². The monoisotopic (exact) mass is 414 g/mol. The van der Waals surface area contributed by atoms with Gasteiger partial charge in [-0.2, -0.15) is 0 Å². The van der Waals surface area contributed by atoms with E-state index in [-0.39, 0.29) is 11.8 Å². The maximum Gasteiger partial charge on any atom is 0.227 e. The van der Waals surface area contributed by atoms with Crippen molar-refractivity contribution in [2.75, 3.05) is 61.4 Å². The number of carbonyl (C=O) groups is 1. The van der Waals surface area contributed by atoms with Gasteiger partial charge in [0, 0.05) is 62.6 Å². The van der Waals surface area contributed by atoms with E-state index in [9.17, 15) is 4.79 Å². The summed E-state index contributed by atoms with van der Waals surface area (Å²) in [5.74, 6) is 0.933. The third-order valence-electron chi connectivity index (χ3n) is 5.80. The highest BCUT2D eigenvalue weighted by atomic mass is 35.5. The van der Waals surface area contributed by atoms with Gasteiger partial charge in [0.05, 0.1) is 17.6 Å². The van der Waals surface area contributed by atoms with Gasteiger partial charge in [0.2, 0.25) is 5.91 Å². The van der Waals surface area contributed by atoms with Crippen molar-refractivity contribution in [2.24, 2.45) is 5.92 Å². The van der Waals surface area contributed by atoms with Crippen LogP contribution in [0, 0.1) is 5.92 Å². The lowest BCUT2D eigenvalue weighted by atomic mass is 9.95. The molecule has 0 unspecified atom stereocenters. The number of likely N-dealkylation sites (N-methyl/N-ethyl adjacent to an activating group) is 1. The van der Waals surface area contributed by atoms with Crippen molar-refractivity contribution in [1.29, 1.82) is 0 Å². The molecule has 0 aliphatic carbocycles. The van der Waals surface area contributed by atoms with Crippen molar-refractivity contribution >= 4 is 34.7 Å². The van der Waals surface area contributed by atoms with E-state index < -0.39 is 0 Å². The lowest BCUT2D eigenvalue weighted by Crippen LogP contribution is -2.45. The predicted octanol–water partition coefficient (Wildman–Crippen LogP) is 2.74. The Morgan fingerprint density at radius 3 is 2.52 bits per heavy atom. The normalized spacial score (nSPS) is 18.7. The fourth-order valence-electron chi connectivity index (χ4n) is 3.99. The number of piperidine rings is 1. The molecule has 2 fully saturated rings. The molecule has 1 aromatic heterocycles. The van der Waals surface area contributed by atoms with Gasteiger partial charge < -0.3 is 20.0 Å². The van der Waals surface area contributed by atoms with E-state index in [1.807, 2.05) is 18.2 Å². The number of aromatic nitrogens is 2. The maximum absolute atomic E-state index is 13.0. The van der Waals surface area contributed by atoms with Crippen molar-refractivity contribution in [3.05, 3.63) is 41.8 Å². The highest BCUT2D eigenvalue weighted by Crippen LogP contribution is 2.31. The van der Waals surface area contributed by atoms with Crippen LogP contribution in [0.25, 0.3) is 0 Å². The summed E-state index contributed by atoms with van der Waals surface area (Å²) in [6.45, 7) is 5.51. The molecule has 0 spiro atoms. The van der Waals surface area contributed by atoms with Crippen molar-refractivity contribution in [3.63, 3.8) is 0 Å². The van der Waals surface area contributed by atoms with Gasteiger partial charge in [-0.05, 0) is 38.1 Å². The van der Waals surface area contributed by atoms with Gasteiger partial charge in [-0.1, -0.05) is 11.6 Å². The quantitative estimate of drug-likeness (QED) is 0.829. The molecular formula is C21H27ClN6O. The van der Waals surface area contributed by atoms with Gasteiger partial charge in [0.25, 0.3) is 0 Å². The second-order valence-electron chi connectivity index (χ2n) is 7.77. The van der Waals surface area contributed by atoms with Crippen LogP contribution >= 0.6 is 11.6 Å². The molecule has 2 aliphatic heterocycles. The number of piperazine rings is 1. The van der Waals surface area contributed by atoms with Crippen LogP contribution in [-0.2, 0) is 4.79 Å². The third-order valence-corrected chi connectivity index (χ3v) is 6.03. The Morgan fingerprint density at radius 2 is 1.83 bits per heavy atom. The zero-order valence-corrected chi connectivity index (χ0v) is 17.5. The summed E-state index contributed by atoms with van der Waals surface area (Å²) >= 11 is 6.24. The number of anilines is 3. The summed E-state index contributed by atoms with van der Waals surface area (Å²) in [6, 6.07) is 5.77. The number of halogens is 1. The zero-order valence-electron chi connectivity index (χ0n) is 16.7. The van der Waals surface area contributed by atoms with Crippen molar-refractivity contribution in [1.82, 2.24) is 14.9 Å². The third kappa shape index (κ3) is 4.79. The van der Waals surface area contributed by atoms with Gasteiger partial charge in [0.15, 0.2) is 0 Å². The molecule has 0 saturated carbocycles. The van der Waals surface area contributed by atoms with E-state index in [4.69, 9.17) is 11.6 Å². The van der Waals surface area contributed by atoms with Crippen LogP contribution in [0.4, 0.5) is 17.2 Å². The number of benzene rings is 1. The minimum atomic E-state index is -0.0118. The molecule has 2 aliphatic rings. The molecular weight excluding hydrogens is 388 g/mol. The molecule has 0 radical (unpaired) electrons. The van der Waals surface area contributed by atoms with E-state index in [2.05, 4.69) is 37.0 Å². The van der Waals surface area contributed by atoms with Gasteiger partial charge in [0.1, 0.15) is 5.82 Å². The summed E-state index contributed by atoms with van der Waals surface area (Å²) in [7, 11) is 2.13. The summed E-state index contributed by atoms with van der Waals surface area (Å²) in [5.41, 5.74) is 1.86. The molecule has 7 nitrogen and oxygen atoms in total. The SMILES string of the molecule is CN1CCN(c2ccc(Cl)cc2NC(=O)C2CCN(c3cnccn3)CC2)CC1. The molecule has 29 heavy (non-hydrogen) atoms. The Balaban J connectivity index is 1.40. The van der Waals surface area contributed by atoms with Gasteiger partial charge >= 0.3 is 0 Å². The number of hydrogen-bond acceptors (Lipinski definition) is 6. The van der Waals surface area contributed by atoms with Crippen molar-refractivity contribution in [2.45, 2.75) is 12.8 Å². The van der Waals surface area contributed by atoms with Crippen LogP contribution in [-0.4, -0.2) is 67.1 Å². The molecule has 2 saturated heterocycles. The number of nitrogens with zero attached hydrogens (tertiary/aromatic N) is 5. The summed E-state index contributed by atoms with van der Waals surface area (Å²) in [6.07, 6.45) is 6.74. The van der Waals surface area contributed by atoms with Crippen LogP contribution < -0.4 is 15.1 Å². The van der Waals surface area contributed by atoms with Crippen LogP contribution in [0.1, 0.15) is 12.8 Å². The van der Waals surface area contributed by atoms with Crippen LogP contribution in [0.15, 0.2) is 36.8 Å². The molecule has 4 rings (SSSR count). The van der Waals surface area contributed by atoms with Gasteiger partial charge in [-0.15, -0.1) is 0 Å². The number of rotatable bonds is 4. The summed E-state index contributed by atoms with van der Waals surface area (Å²) in [5, 5.41) is 3.79. The molecule has 0 bridgehead atoms. The molecule has 0 atom stereocenters. The lowest BCUT2D eigenvalue weighted by Gasteiger charge is -2.35. The molecule has 8 heteroatoms. The second-order valence-corrected chi connectivity index (χ2v) is 8.20. The minimum absolute atomic E-state index is 0.0118. The Hall–Kier alpha value is -2.38. The molecule has 154 valence electrons. The largest absolute Gasteiger partial charge is 0.367 e. The fraction of sp³-hybridized carbons (Fsp3) is 0.476. The van der Waals surface area contributed by atoms with Gasteiger partial charge in [-0.3, -0.25) is 9.78 Å². The Bertz CT molecular complexity index is 832. The molecule has 3 heterocycles. The second kappa shape index (κ2) is 8.97. The van der Waals surface area contributed by atoms with E-state index in [0.717, 1.165) is 69.3 Å². The Morgan fingerprint density at radius 1 is 1.07 bits per heavy atom. The number of carbonyl (C=O) groups excluding carboxylic acids is 1. The Kier molecular flexibility index (Phi) is 6.16. The lowest BCUT2D eigenvalue weighted by molar-refractivity contribution is -0.120. The fourth-order valence-corrected chi connectivity index (χ4v) is 4.16. The first-order valence-electron chi connectivity index (χ1n) is 10.1. The topological polar surface area (TPSA) is 64.6 Å². The first-order valence-corrected chi connectivity index (χ1v) is 10.5. The molecule has 1 amide bonds. The minimum Gasteiger partial charge on any atom is -0.367 e. The van der Waals surface area contributed by atoms with Crippen molar-refractivity contribution < 1.29 is 4.79 Å². The highest BCUT2D eigenvalue weighted by Gasteiger charge is 2.27. The van der Waals surface area contributed by atoms with Gasteiger partial charge in [-0.25, -0.2) is 4.98 Å². The van der Waals surface area contributed by atoms with E-state index in [1.165, 1.54) is 0 Å².